The predicted octanol–water partition coefficient (Wildman–Crippen LogP) is 2.52. The molecule has 0 amide bonds. The zero-order valence-electron chi connectivity index (χ0n) is 12.9. The second-order valence-electron chi connectivity index (χ2n) is 6.10. The van der Waals surface area contributed by atoms with E-state index in [1.807, 2.05) is 60.7 Å². The second-order valence-corrected chi connectivity index (χ2v) is 6.10. The summed E-state index contributed by atoms with van der Waals surface area (Å²) in [5.74, 6) is -0.863. The van der Waals surface area contributed by atoms with E-state index in [0.29, 0.717) is 12.8 Å². The third kappa shape index (κ3) is 3.00. The highest BCUT2D eigenvalue weighted by Gasteiger charge is 2.44. The second kappa shape index (κ2) is 6.52. The van der Waals surface area contributed by atoms with Crippen LogP contribution in [0.15, 0.2) is 60.7 Å². The molecule has 0 spiro atoms. The lowest BCUT2D eigenvalue weighted by molar-refractivity contribution is -0.142. The van der Waals surface area contributed by atoms with Crippen molar-refractivity contribution in [3.63, 3.8) is 0 Å². The maximum atomic E-state index is 12.4. The van der Waals surface area contributed by atoms with E-state index in [9.17, 15) is 15.0 Å². The van der Waals surface area contributed by atoms with Crippen molar-refractivity contribution in [3.05, 3.63) is 71.8 Å². The van der Waals surface area contributed by atoms with Crippen LogP contribution in [0.4, 0.5) is 0 Å². The summed E-state index contributed by atoms with van der Waals surface area (Å²) < 4.78 is 0. The first kappa shape index (κ1) is 15.7. The Morgan fingerprint density at radius 2 is 1.52 bits per heavy atom. The summed E-state index contributed by atoms with van der Waals surface area (Å²) in [6, 6.07) is 18.7. The first-order valence-electron chi connectivity index (χ1n) is 7.91. The third-order valence-corrected chi connectivity index (χ3v) is 4.67. The highest BCUT2D eigenvalue weighted by atomic mass is 16.4. The molecule has 1 saturated heterocycles. The van der Waals surface area contributed by atoms with Gasteiger partial charge in [0, 0.05) is 6.04 Å². The van der Waals surface area contributed by atoms with Crippen LogP contribution in [-0.4, -0.2) is 28.5 Å². The molecule has 1 heterocycles. The lowest BCUT2D eigenvalue weighted by atomic mass is 9.70. The number of carboxylic acid groups (broad SMARTS) is 1. The van der Waals surface area contributed by atoms with E-state index >= 15 is 0 Å². The number of nitrogens with one attached hydrogen (secondary N) is 1. The van der Waals surface area contributed by atoms with E-state index in [2.05, 4.69) is 5.32 Å². The molecule has 3 rings (SSSR count). The van der Waals surface area contributed by atoms with E-state index in [4.69, 9.17) is 0 Å². The van der Waals surface area contributed by atoms with Crippen LogP contribution in [-0.2, 0) is 10.2 Å². The van der Waals surface area contributed by atoms with Gasteiger partial charge in [-0.3, -0.25) is 10.1 Å². The number of benzene rings is 2. The molecule has 3 N–H and O–H groups in total. The highest BCUT2D eigenvalue weighted by molar-refractivity contribution is 5.86. The van der Waals surface area contributed by atoms with Crippen molar-refractivity contribution < 1.29 is 15.0 Å². The molecule has 0 bridgehead atoms. The number of aliphatic carboxylic acids is 1. The molecule has 2 aromatic rings. The van der Waals surface area contributed by atoms with Gasteiger partial charge in [-0.2, -0.15) is 0 Å². The summed E-state index contributed by atoms with van der Waals surface area (Å²) in [5.41, 5.74) is 0.410. The number of aliphatic hydroxyl groups excluding tert-OH is 1. The molecule has 1 fully saturated rings. The number of hydrogen-bond acceptors (Lipinski definition) is 3. The fourth-order valence-corrected chi connectivity index (χ4v) is 3.51. The minimum atomic E-state index is -1.12. The van der Waals surface area contributed by atoms with Gasteiger partial charge in [0.05, 0.1) is 0 Å². The number of carboxylic acids is 1. The first-order valence-corrected chi connectivity index (χ1v) is 7.91. The van der Waals surface area contributed by atoms with Crippen molar-refractivity contribution in [1.82, 2.24) is 5.32 Å². The molecule has 4 heteroatoms. The number of aliphatic hydroxyl groups is 1. The van der Waals surface area contributed by atoms with E-state index in [1.54, 1.807) is 0 Å². The van der Waals surface area contributed by atoms with Gasteiger partial charge in [0.1, 0.15) is 11.6 Å². The van der Waals surface area contributed by atoms with Crippen LogP contribution in [0.2, 0.25) is 0 Å². The molecule has 2 aromatic carbocycles. The van der Waals surface area contributed by atoms with Crippen molar-refractivity contribution in [2.75, 3.05) is 0 Å². The molecule has 120 valence electrons. The third-order valence-electron chi connectivity index (χ3n) is 4.67. The van der Waals surface area contributed by atoms with Crippen molar-refractivity contribution in [2.24, 2.45) is 0 Å². The van der Waals surface area contributed by atoms with Gasteiger partial charge in [0.2, 0.25) is 0 Å². The van der Waals surface area contributed by atoms with Crippen molar-refractivity contribution in [1.29, 1.82) is 0 Å². The summed E-state index contributed by atoms with van der Waals surface area (Å²) in [4.78, 5) is 12.4. The molecule has 0 aliphatic carbocycles. The van der Waals surface area contributed by atoms with Gasteiger partial charge in [-0.15, -0.1) is 0 Å². The number of rotatable bonds is 5. The minimum Gasteiger partial charge on any atom is -0.480 e. The molecule has 0 aromatic heterocycles. The topological polar surface area (TPSA) is 69.6 Å². The Bertz CT molecular complexity index is 617. The van der Waals surface area contributed by atoms with Crippen LogP contribution >= 0.6 is 0 Å². The summed E-state index contributed by atoms with van der Waals surface area (Å²) in [6.45, 7) is 0. The van der Waals surface area contributed by atoms with Crippen LogP contribution in [0.25, 0.3) is 0 Å². The monoisotopic (exact) mass is 311 g/mol. The summed E-state index contributed by atoms with van der Waals surface area (Å²) >= 11 is 0. The normalized spacial score (nSPS) is 21.3. The average molecular weight is 311 g/mol. The molecule has 0 saturated carbocycles. The van der Waals surface area contributed by atoms with E-state index in [-0.39, 0.29) is 6.04 Å². The maximum Gasteiger partial charge on any atom is 0.318 e. The Morgan fingerprint density at radius 3 is 1.91 bits per heavy atom. The molecule has 1 aliphatic heterocycles. The molecular formula is C19H21NO3. The van der Waals surface area contributed by atoms with Crippen LogP contribution in [0.3, 0.4) is 0 Å². The summed E-state index contributed by atoms with van der Waals surface area (Å²) in [5, 5.41) is 23.0. The summed E-state index contributed by atoms with van der Waals surface area (Å²) in [6.07, 6.45) is 1.30. The highest BCUT2D eigenvalue weighted by Crippen LogP contribution is 2.38. The predicted molar refractivity (Wildman–Crippen MR) is 88.1 cm³/mol. The van der Waals surface area contributed by atoms with Crippen LogP contribution in [0, 0.1) is 0 Å². The SMILES string of the molecule is O=C(O)C(CC1CCC(O)N1)(c1ccccc1)c1ccccc1. The van der Waals surface area contributed by atoms with E-state index in [1.165, 1.54) is 0 Å². The molecular weight excluding hydrogens is 290 g/mol. The van der Waals surface area contributed by atoms with Crippen molar-refractivity contribution in [3.8, 4) is 0 Å². The molecule has 1 aliphatic rings. The quantitative estimate of drug-likeness (QED) is 0.793. The van der Waals surface area contributed by atoms with Gasteiger partial charge < -0.3 is 10.2 Å². The lowest BCUT2D eigenvalue weighted by Gasteiger charge is -2.33. The maximum absolute atomic E-state index is 12.4. The summed E-state index contributed by atoms with van der Waals surface area (Å²) in [7, 11) is 0. The Labute approximate surface area is 135 Å². The number of hydrogen-bond donors (Lipinski definition) is 3. The van der Waals surface area contributed by atoms with Crippen molar-refractivity contribution >= 4 is 5.97 Å². The average Bonchev–Trinajstić information content (AvgIpc) is 2.99. The van der Waals surface area contributed by atoms with E-state index in [0.717, 1.165) is 17.5 Å². The van der Waals surface area contributed by atoms with E-state index < -0.39 is 17.6 Å². The fourth-order valence-electron chi connectivity index (χ4n) is 3.51. The van der Waals surface area contributed by atoms with Crippen LogP contribution in [0.1, 0.15) is 30.4 Å². The Balaban J connectivity index is 2.09. The van der Waals surface area contributed by atoms with Crippen molar-refractivity contribution in [2.45, 2.75) is 36.9 Å². The Morgan fingerprint density at radius 1 is 1.00 bits per heavy atom. The molecule has 0 radical (unpaired) electrons. The molecule has 2 unspecified atom stereocenters. The zero-order valence-corrected chi connectivity index (χ0v) is 12.9. The van der Waals surface area contributed by atoms with Gasteiger partial charge in [-0.1, -0.05) is 60.7 Å². The first-order chi connectivity index (χ1) is 11.1. The van der Waals surface area contributed by atoms with Gasteiger partial charge in [0.15, 0.2) is 0 Å². The van der Waals surface area contributed by atoms with Crippen LogP contribution in [0.5, 0.6) is 0 Å². The minimum absolute atomic E-state index is 0.0264. The Kier molecular flexibility index (Phi) is 4.46. The lowest BCUT2D eigenvalue weighted by Crippen LogP contribution is -2.43. The zero-order chi connectivity index (χ0) is 16.3. The molecule has 2 atom stereocenters. The van der Waals surface area contributed by atoms with Gasteiger partial charge in [-0.25, -0.2) is 0 Å². The largest absolute Gasteiger partial charge is 0.480 e. The molecule has 23 heavy (non-hydrogen) atoms. The van der Waals surface area contributed by atoms with Gasteiger partial charge in [-0.05, 0) is 30.4 Å². The smallest absolute Gasteiger partial charge is 0.318 e. The molecule has 4 nitrogen and oxygen atoms in total. The fraction of sp³-hybridized carbons (Fsp3) is 0.316. The van der Waals surface area contributed by atoms with Crippen LogP contribution < -0.4 is 5.32 Å². The van der Waals surface area contributed by atoms with Gasteiger partial charge in [0.25, 0.3) is 0 Å². The Hall–Kier alpha value is -2.17. The number of carbonyl (C=O) groups is 1. The van der Waals surface area contributed by atoms with Gasteiger partial charge >= 0.3 is 5.97 Å². The standard InChI is InChI=1S/C19H21NO3/c21-17-12-11-16(20-17)13-19(18(22)23,14-7-3-1-4-8-14)15-9-5-2-6-10-15/h1-10,16-17,20-21H,11-13H2,(H,22,23).